The second kappa shape index (κ2) is 7.24. The van der Waals surface area contributed by atoms with Gasteiger partial charge in [0, 0.05) is 13.0 Å². The molecule has 1 atom stereocenters. The first-order chi connectivity index (χ1) is 11.2. The number of hydrogen-bond donors (Lipinski definition) is 1. The van der Waals surface area contributed by atoms with E-state index in [-0.39, 0.29) is 5.41 Å². The number of hydrogen-bond acceptors (Lipinski definition) is 3. The van der Waals surface area contributed by atoms with Gasteiger partial charge in [-0.05, 0) is 30.2 Å². The second-order valence-corrected chi connectivity index (χ2v) is 7.68. The summed E-state index contributed by atoms with van der Waals surface area (Å²) in [6.07, 6.45) is 1.65. The standard InChI is InChI=1S/C19H27NO4/c1-18(2,3)11-13-24-17(23)20-12-7-10-19(20,16(21)22)14-15-8-5-4-6-9-15/h4-6,8-9H,7,10-14H2,1-3H3,(H,21,22)/t19-/m1/s1. The summed E-state index contributed by atoms with van der Waals surface area (Å²) in [6, 6.07) is 9.44. The lowest BCUT2D eigenvalue weighted by Gasteiger charge is -2.34. The predicted octanol–water partition coefficient (Wildman–Crippen LogP) is 3.72. The van der Waals surface area contributed by atoms with E-state index in [0.717, 1.165) is 12.0 Å². The van der Waals surface area contributed by atoms with Gasteiger partial charge in [-0.1, -0.05) is 51.1 Å². The molecule has 0 aliphatic carbocycles. The van der Waals surface area contributed by atoms with Crippen LogP contribution in [0.3, 0.4) is 0 Å². The maximum Gasteiger partial charge on any atom is 0.410 e. The Morgan fingerprint density at radius 3 is 2.50 bits per heavy atom. The molecule has 0 saturated carbocycles. The highest BCUT2D eigenvalue weighted by Gasteiger charge is 2.50. The maximum atomic E-state index is 12.5. The van der Waals surface area contributed by atoms with E-state index in [0.29, 0.717) is 32.4 Å². The lowest BCUT2D eigenvalue weighted by atomic mass is 9.88. The number of carbonyl (C=O) groups is 2. The van der Waals surface area contributed by atoms with Crippen LogP contribution < -0.4 is 0 Å². The molecule has 1 aliphatic heterocycles. The summed E-state index contributed by atoms with van der Waals surface area (Å²) in [5.74, 6) is -0.961. The third-order valence-electron chi connectivity index (χ3n) is 4.52. The Hall–Kier alpha value is -2.04. The number of likely N-dealkylation sites (tertiary alicyclic amines) is 1. The van der Waals surface area contributed by atoms with Crippen molar-refractivity contribution in [3.05, 3.63) is 35.9 Å². The Balaban J connectivity index is 2.12. The van der Waals surface area contributed by atoms with Gasteiger partial charge in [0.05, 0.1) is 6.61 Å². The van der Waals surface area contributed by atoms with Gasteiger partial charge in [-0.25, -0.2) is 9.59 Å². The number of ether oxygens (including phenoxy) is 1. The first-order valence-corrected chi connectivity index (χ1v) is 8.46. The highest BCUT2D eigenvalue weighted by Crippen LogP contribution is 2.34. The lowest BCUT2D eigenvalue weighted by Crippen LogP contribution is -2.54. The third-order valence-corrected chi connectivity index (χ3v) is 4.52. The van der Waals surface area contributed by atoms with Crippen LogP contribution in [0.15, 0.2) is 30.3 Å². The average molecular weight is 333 g/mol. The van der Waals surface area contributed by atoms with Crippen molar-refractivity contribution < 1.29 is 19.4 Å². The van der Waals surface area contributed by atoms with Crippen molar-refractivity contribution in [2.75, 3.05) is 13.2 Å². The van der Waals surface area contributed by atoms with Gasteiger partial charge in [-0.3, -0.25) is 4.90 Å². The van der Waals surface area contributed by atoms with Crippen molar-refractivity contribution in [2.45, 2.75) is 52.0 Å². The number of carboxylic acid groups (broad SMARTS) is 1. The number of amides is 1. The minimum atomic E-state index is -1.21. The van der Waals surface area contributed by atoms with Gasteiger partial charge in [-0.2, -0.15) is 0 Å². The quantitative estimate of drug-likeness (QED) is 0.892. The fraction of sp³-hybridized carbons (Fsp3) is 0.579. The van der Waals surface area contributed by atoms with Gasteiger partial charge >= 0.3 is 12.1 Å². The fourth-order valence-electron chi connectivity index (χ4n) is 3.08. The van der Waals surface area contributed by atoms with Crippen LogP contribution in [-0.2, 0) is 16.0 Å². The van der Waals surface area contributed by atoms with E-state index >= 15 is 0 Å². The number of carbonyl (C=O) groups excluding carboxylic acids is 1. The summed E-state index contributed by atoms with van der Waals surface area (Å²) >= 11 is 0. The molecule has 1 aromatic rings. The van der Waals surface area contributed by atoms with Gasteiger partial charge in [0.2, 0.25) is 0 Å². The molecule has 0 bridgehead atoms. The molecule has 5 nitrogen and oxygen atoms in total. The van der Waals surface area contributed by atoms with Gasteiger partial charge in [-0.15, -0.1) is 0 Å². The smallest absolute Gasteiger partial charge is 0.410 e. The largest absolute Gasteiger partial charge is 0.479 e. The van der Waals surface area contributed by atoms with E-state index in [1.807, 2.05) is 30.3 Å². The molecular weight excluding hydrogens is 306 g/mol. The van der Waals surface area contributed by atoms with E-state index in [9.17, 15) is 14.7 Å². The Labute approximate surface area is 143 Å². The summed E-state index contributed by atoms with van der Waals surface area (Å²) in [5.41, 5.74) is -0.228. The molecule has 1 N–H and O–H groups in total. The highest BCUT2D eigenvalue weighted by atomic mass is 16.6. The van der Waals surface area contributed by atoms with Crippen molar-refractivity contribution in [1.82, 2.24) is 4.90 Å². The van der Waals surface area contributed by atoms with Crippen molar-refractivity contribution in [3.63, 3.8) is 0 Å². The Morgan fingerprint density at radius 1 is 1.25 bits per heavy atom. The molecule has 2 rings (SSSR count). The van der Waals surface area contributed by atoms with Crippen LogP contribution in [0.1, 0.15) is 45.6 Å². The SMILES string of the molecule is CC(C)(C)CCOC(=O)N1CCC[C@@]1(Cc1ccccc1)C(=O)O. The van der Waals surface area contributed by atoms with Crippen molar-refractivity contribution >= 4 is 12.1 Å². The maximum absolute atomic E-state index is 12.5. The Morgan fingerprint density at radius 2 is 1.92 bits per heavy atom. The van der Waals surface area contributed by atoms with Crippen LogP contribution in [0.5, 0.6) is 0 Å². The molecule has 1 saturated heterocycles. The van der Waals surface area contributed by atoms with Gasteiger partial charge < -0.3 is 9.84 Å². The molecule has 1 amide bonds. The van der Waals surface area contributed by atoms with E-state index in [1.54, 1.807) is 0 Å². The first-order valence-electron chi connectivity index (χ1n) is 8.46. The molecule has 0 aromatic heterocycles. The van der Waals surface area contributed by atoms with Gasteiger partial charge in [0.15, 0.2) is 0 Å². The van der Waals surface area contributed by atoms with Crippen LogP contribution in [0.25, 0.3) is 0 Å². The topological polar surface area (TPSA) is 66.8 Å². The molecule has 1 aliphatic rings. The Kier molecular flexibility index (Phi) is 5.52. The van der Waals surface area contributed by atoms with Crippen LogP contribution in [-0.4, -0.2) is 40.8 Å². The summed E-state index contributed by atoms with van der Waals surface area (Å²) < 4.78 is 5.37. The minimum Gasteiger partial charge on any atom is -0.479 e. The zero-order valence-electron chi connectivity index (χ0n) is 14.7. The highest BCUT2D eigenvalue weighted by molar-refractivity contribution is 5.85. The first kappa shape index (κ1) is 18.3. The Bertz CT molecular complexity index is 579. The third kappa shape index (κ3) is 4.28. The fourth-order valence-corrected chi connectivity index (χ4v) is 3.08. The normalized spacial score (nSPS) is 20.9. The number of rotatable bonds is 5. The predicted molar refractivity (Wildman–Crippen MR) is 91.9 cm³/mol. The molecule has 132 valence electrons. The van der Waals surface area contributed by atoms with E-state index in [1.165, 1.54) is 4.90 Å². The number of nitrogens with zero attached hydrogens (tertiary/aromatic N) is 1. The van der Waals surface area contributed by atoms with Crippen LogP contribution in [0.2, 0.25) is 0 Å². The number of carboxylic acids is 1. The summed E-state index contributed by atoms with van der Waals surface area (Å²) in [6.45, 7) is 6.96. The molecule has 5 heteroatoms. The van der Waals surface area contributed by atoms with E-state index in [4.69, 9.17) is 4.74 Å². The second-order valence-electron chi connectivity index (χ2n) is 7.68. The van der Waals surface area contributed by atoms with Crippen molar-refractivity contribution in [3.8, 4) is 0 Å². The zero-order chi connectivity index (χ0) is 17.8. The summed E-state index contributed by atoms with van der Waals surface area (Å²) in [4.78, 5) is 25.9. The van der Waals surface area contributed by atoms with E-state index in [2.05, 4.69) is 20.8 Å². The van der Waals surface area contributed by atoms with Gasteiger partial charge in [0.25, 0.3) is 0 Å². The summed E-state index contributed by atoms with van der Waals surface area (Å²) in [7, 11) is 0. The minimum absolute atomic E-state index is 0.0687. The van der Waals surface area contributed by atoms with E-state index < -0.39 is 17.6 Å². The molecule has 1 aromatic carbocycles. The lowest BCUT2D eigenvalue weighted by molar-refractivity contribution is -0.148. The molecule has 0 radical (unpaired) electrons. The summed E-state index contributed by atoms with van der Waals surface area (Å²) in [5, 5.41) is 9.85. The zero-order valence-corrected chi connectivity index (χ0v) is 14.7. The number of benzene rings is 1. The average Bonchev–Trinajstić information content (AvgIpc) is 2.92. The van der Waals surface area contributed by atoms with Crippen molar-refractivity contribution in [2.24, 2.45) is 5.41 Å². The molecule has 0 unspecified atom stereocenters. The molecule has 1 heterocycles. The van der Waals surface area contributed by atoms with Gasteiger partial charge in [0.1, 0.15) is 5.54 Å². The molecule has 24 heavy (non-hydrogen) atoms. The molecular formula is C19H27NO4. The van der Waals surface area contributed by atoms with Crippen LogP contribution >= 0.6 is 0 Å². The van der Waals surface area contributed by atoms with Crippen molar-refractivity contribution in [1.29, 1.82) is 0 Å². The molecule has 0 spiro atoms. The van der Waals surface area contributed by atoms with Crippen LogP contribution in [0.4, 0.5) is 4.79 Å². The number of aliphatic carboxylic acids is 1. The van der Waals surface area contributed by atoms with Crippen LogP contribution in [0, 0.1) is 5.41 Å². The molecule has 1 fully saturated rings. The monoisotopic (exact) mass is 333 g/mol.